The Balaban J connectivity index is 2.35. The zero-order chi connectivity index (χ0) is 17.2. The van der Waals surface area contributed by atoms with Crippen LogP contribution < -0.4 is 10.6 Å². The van der Waals surface area contributed by atoms with E-state index in [1.165, 1.54) is 6.08 Å². The maximum absolute atomic E-state index is 11.5. The lowest BCUT2D eigenvalue weighted by Gasteiger charge is -2.11. The Kier molecular flexibility index (Phi) is 7.53. The van der Waals surface area contributed by atoms with Gasteiger partial charge in [-0.15, -0.1) is 0 Å². The van der Waals surface area contributed by atoms with Crippen LogP contribution in [0.4, 0.5) is 4.79 Å². The van der Waals surface area contributed by atoms with Crippen LogP contribution in [0.5, 0.6) is 0 Å². The molecule has 0 aliphatic rings. The summed E-state index contributed by atoms with van der Waals surface area (Å²) in [5.41, 5.74) is 1.94. The van der Waals surface area contributed by atoms with Gasteiger partial charge in [0.2, 0.25) is 0 Å². The molecule has 0 heterocycles. The van der Waals surface area contributed by atoms with Gasteiger partial charge in [-0.1, -0.05) is 36.8 Å². The average molecular weight is 318 g/mol. The van der Waals surface area contributed by atoms with E-state index < -0.39 is 24.5 Å². The van der Waals surface area contributed by atoms with Crippen LogP contribution in [0.25, 0.3) is 6.08 Å². The lowest BCUT2D eigenvalue weighted by Crippen LogP contribution is -2.44. The molecule has 1 rings (SSSR count). The van der Waals surface area contributed by atoms with E-state index in [9.17, 15) is 14.4 Å². The normalized spacial score (nSPS) is 11.8. The number of imide groups is 1. The summed E-state index contributed by atoms with van der Waals surface area (Å²) < 4.78 is 4.77. The molecule has 6 heteroatoms. The first-order valence-electron chi connectivity index (χ1n) is 7.42. The number of rotatable bonds is 6. The Morgan fingerprint density at radius 2 is 2.04 bits per heavy atom. The number of esters is 1. The van der Waals surface area contributed by atoms with Crippen molar-refractivity contribution >= 4 is 24.0 Å². The fourth-order valence-electron chi connectivity index (χ4n) is 1.65. The molecule has 23 heavy (non-hydrogen) atoms. The summed E-state index contributed by atoms with van der Waals surface area (Å²) in [6, 6.07) is 6.95. The van der Waals surface area contributed by atoms with Crippen molar-refractivity contribution < 1.29 is 19.1 Å². The lowest BCUT2D eigenvalue weighted by molar-refractivity contribution is -0.143. The van der Waals surface area contributed by atoms with Gasteiger partial charge in [-0.05, 0) is 31.9 Å². The number of urea groups is 1. The predicted molar refractivity (Wildman–Crippen MR) is 87.6 cm³/mol. The molecule has 3 amide bonds. The summed E-state index contributed by atoms with van der Waals surface area (Å²) >= 11 is 0. The smallest absolute Gasteiger partial charge is 0.331 e. The molecule has 0 bridgehead atoms. The molecular weight excluding hydrogens is 296 g/mol. The zero-order valence-electron chi connectivity index (χ0n) is 13.6. The molecule has 6 nitrogen and oxygen atoms in total. The summed E-state index contributed by atoms with van der Waals surface area (Å²) in [4.78, 5) is 34.4. The van der Waals surface area contributed by atoms with Crippen LogP contribution in [0.1, 0.15) is 31.4 Å². The topological polar surface area (TPSA) is 84.5 Å². The van der Waals surface area contributed by atoms with Gasteiger partial charge in [0.15, 0.2) is 6.61 Å². The van der Waals surface area contributed by atoms with E-state index in [0.29, 0.717) is 0 Å². The number of ether oxygens (including phenoxy) is 1. The highest BCUT2D eigenvalue weighted by atomic mass is 16.5. The number of hydrogen-bond acceptors (Lipinski definition) is 4. The van der Waals surface area contributed by atoms with Crippen molar-refractivity contribution in [3.63, 3.8) is 0 Å². The molecule has 0 radical (unpaired) electrons. The number of carbonyl (C=O) groups excluding carboxylic acids is 3. The number of amides is 3. The molecule has 124 valence electrons. The van der Waals surface area contributed by atoms with Gasteiger partial charge in [0.05, 0.1) is 0 Å². The molecule has 1 aromatic rings. The third-order valence-electron chi connectivity index (χ3n) is 3.04. The first-order valence-corrected chi connectivity index (χ1v) is 7.42. The van der Waals surface area contributed by atoms with Crippen LogP contribution in [0.2, 0.25) is 0 Å². The molecule has 0 unspecified atom stereocenters. The second-order valence-electron chi connectivity index (χ2n) is 5.19. The molecule has 0 saturated carbocycles. The molecule has 0 aliphatic heterocycles. The lowest BCUT2D eigenvalue weighted by atomic mass is 10.1. The third kappa shape index (κ3) is 7.80. The van der Waals surface area contributed by atoms with Crippen molar-refractivity contribution in [2.45, 2.75) is 33.2 Å². The summed E-state index contributed by atoms with van der Waals surface area (Å²) in [5.74, 6) is -1.33. The number of benzene rings is 1. The van der Waals surface area contributed by atoms with E-state index in [-0.39, 0.29) is 6.04 Å². The standard InChI is InChI=1S/C17H22N2O4/c1-4-13(3)18-17(22)19-15(20)11-23-16(21)9-8-14-7-5-6-12(2)10-14/h5-10,13H,4,11H2,1-3H3,(H2,18,19,20,22)/b9-8+/t13-/m1/s1. The van der Waals surface area contributed by atoms with Gasteiger partial charge >= 0.3 is 12.0 Å². The summed E-state index contributed by atoms with van der Waals surface area (Å²) in [5, 5.41) is 4.67. The highest BCUT2D eigenvalue weighted by Crippen LogP contribution is 2.05. The van der Waals surface area contributed by atoms with Crippen LogP contribution >= 0.6 is 0 Å². The Hall–Kier alpha value is -2.63. The van der Waals surface area contributed by atoms with Crippen LogP contribution in [-0.4, -0.2) is 30.6 Å². The molecule has 0 aliphatic carbocycles. The first-order chi connectivity index (χ1) is 10.9. The second-order valence-corrected chi connectivity index (χ2v) is 5.19. The monoisotopic (exact) mass is 318 g/mol. The zero-order valence-corrected chi connectivity index (χ0v) is 13.6. The summed E-state index contributed by atoms with van der Waals surface area (Å²) in [6.45, 7) is 5.17. The van der Waals surface area contributed by atoms with E-state index in [0.717, 1.165) is 17.5 Å². The first kappa shape index (κ1) is 18.4. The minimum Gasteiger partial charge on any atom is -0.452 e. The molecule has 0 saturated heterocycles. The number of aryl methyl sites for hydroxylation is 1. The highest BCUT2D eigenvalue weighted by molar-refractivity contribution is 5.96. The van der Waals surface area contributed by atoms with Gasteiger partial charge in [0.1, 0.15) is 0 Å². The fourth-order valence-corrected chi connectivity index (χ4v) is 1.65. The van der Waals surface area contributed by atoms with Gasteiger partial charge in [0, 0.05) is 12.1 Å². The average Bonchev–Trinajstić information content (AvgIpc) is 2.50. The van der Waals surface area contributed by atoms with Crippen LogP contribution in [0.3, 0.4) is 0 Å². The van der Waals surface area contributed by atoms with Crippen molar-refractivity contribution in [2.24, 2.45) is 0 Å². The van der Waals surface area contributed by atoms with Gasteiger partial charge in [-0.3, -0.25) is 10.1 Å². The predicted octanol–water partition coefficient (Wildman–Crippen LogP) is 2.18. The van der Waals surface area contributed by atoms with Gasteiger partial charge < -0.3 is 10.1 Å². The van der Waals surface area contributed by atoms with Gasteiger partial charge in [-0.25, -0.2) is 9.59 Å². The van der Waals surface area contributed by atoms with Crippen molar-refractivity contribution in [3.05, 3.63) is 41.5 Å². The molecule has 1 atom stereocenters. The molecular formula is C17H22N2O4. The van der Waals surface area contributed by atoms with Gasteiger partial charge in [-0.2, -0.15) is 0 Å². The van der Waals surface area contributed by atoms with Crippen LogP contribution in [0.15, 0.2) is 30.3 Å². The van der Waals surface area contributed by atoms with Crippen molar-refractivity contribution in [1.82, 2.24) is 10.6 Å². The minimum absolute atomic E-state index is 0.0392. The maximum Gasteiger partial charge on any atom is 0.331 e. The van der Waals surface area contributed by atoms with Crippen molar-refractivity contribution in [3.8, 4) is 0 Å². The molecule has 0 spiro atoms. The van der Waals surface area contributed by atoms with Crippen molar-refractivity contribution in [1.29, 1.82) is 0 Å². The molecule has 1 aromatic carbocycles. The van der Waals surface area contributed by atoms with E-state index in [2.05, 4.69) is 10.6 Å². The van der Waals surface area contributed by atoms with E-state index in [1.54, 1.807) is 6.08 Å². The molecule has 0 fully saturated rings. The summed E-state index contributed by atoms with van der Waals surface area (Å²) in [7, 11) is 0. The summed E-state index contributed by atoms with van der Waals surface area (Å²) in [6.07, 6.45) is 3.59. The van der Waals surface area contributed by atoms with Gasteiger partial charge in [0.25, 0.3) is 5.91 Å². The SMILES string of the molecule is CC[C@@H](C)NC(=O)NC(=O)COC(=O)/C=C/c1cccc(C)c1. The molecule has 0 aromatic heterocycles. The minimum atomic E-state index is -0.678. The fraction of sp³-hybridized carbons (Fsp3) is 0.353. The Morgan fingerprint density at radius 1 is 1.30 bits per heavy atom. The Labute approximate surface area is 135 Å². The Morgan fingerprint density at radius 3 is 2.70 bits per heavy atom. The van der Waals surface area contributed by atoms with Crippen LogP contribution in [0, 0.1) is 6.92 Å². The number of nitrogens with one attached hydrogen (secondary N) is 2. The quantitative estimate of drug-likeness (QED) is 0.622. The van der Waals surface area contributed by atoms with E-state index >= 15 is 0 Å². The van der Waals surface area contributed by atoms with E-state index in [4.69, 9.17) is 4.74 Å². The second kappa shape index (κ2) is 9.40. The third-order valence-corrected chi connectivity index (χ3v) is 3.04. The maximum atomic E-state index is 11.5. The highest BCUT2D eigenvalue weighted by Gasteiger charge is 2.11. The molecule has 2 N–H and O–H groups in total. The largest absolute Gasteiger partial charge is 0.452 e. The van der Waals surface area contributed by atoms with Crippen LogP contribution in [-0.2, 0) is 14.3 Å². The Bertz CT molecular complexity index is 596. The number of hydrogen-bond donors (Lipinski definition) is 2. The number of carbonyl (C=O) groups is 3. The van der Waals surface area contributed by atoms with Crippen molar-refractivity contribution in [2.75, 3.05) is 6.61 Å². The van der Waals surface area contributed by atoms with E-state index in [1.807, 2.05) is 45.0 Å².